The Kier molecular flexibility index (Phi) is 8.33. The summed E-state index contributed by atoms with van der Waals surface area (Å²) >= 11 is 0. The average molecular weight is 356 g/mol. The zero-order chi connectivity index (χ0) is 19.0. The molecule has 0 bridgehead atoms. The monoisotopic (exact) mass is 356 g/mol. The van der Waals surface area contributed by atoms with Gasteiger partial charge in [-0.3, -0.25) is 19.2 Å². The highest BCUT2D eigenvalue weighted by molar-refractivity contribution is 5.92. The number of carboxylic acid groups (broad SMARTS) is 1. The number of carbonyl (C=O) groups is 4. The first kappa shape index (κ1) is 20.9. The van der Waals surface area contributed by atoms with Gasteiger partial charge in [0.2, 0.25) is 17.7 Å². The lowest BCUT2D eigenvalue weighted by atomic mass is 10.0. The average Bonchev–Trinajstić information content (AvgIpc) is 3.05. The molecular formula is C16H28N4O5. The van der Waals surface area contributed by atoms with E-state index in [0.717, 1.165) is 19.4 Å². The predicted octanol–water partition coefficient (Wildman–Crippen LogP) is -1.03. The highest BCUT2D eigenvalue weighted by Gasteiger charge is 2.28. The minimum absolute atomic E-state index is 0.174. The van der Waals surface area contributed by atoms with Crippen molar-refractivity contribution in [1.82, 2.24) is 21.3 Å². The SMILES string of the molecule is CC(C)C[C@H](NC(=O)[C@@H]1CCCN1)C(=O)NCC(=O)N[C@@H](C)C(=O)O. The molecule has 0 aliphatic carbocycles. The van der Waals surface area contributed by atoms with Gasteiger partial charge < -0.3 is 26.4 Å². The molecule has 0 spiro atoms. The lowest BCUT2D eigenvalue weighted by Crippen LogP contribution is -2.53. The summed E-state index contributed by atoms with van der Waals surface area (Å²) in [7, 11) is 0. The first-order valence-electron chi connectivity index (χ1n) is 8.54. The molecule has 1 saturated heterocycles. The Morgan fingerprint density at radius 2 is 1.84 bits per heavy atom. The van der Waals surface area contributed by atoms with Crippen molar-refractivity contribution in [2.24, 2.45) is 5.92 Å². The first-order chi connectivity index (χ1) is 11.7. The van der Waals surface area contributed by atoms with E-state index in [-0.39, 0.29) is 24.4 Å². The van der Waals surface area contributed by atoms with Crippen LogP contribution in [-0.2, 0) is 19.2 Å². The van der Waals surface area contributed by atoms with E-state index in [1.165, 1.54) is 6.92 Å². The van der Waals surface area contributed by atoms with E-state index in [9.17, 15) is 19.2 Å². The third-order valence-electron chi connectivity index (χ3n) is 3.89. The van der Waals surface area contributed by atoms with Crippen LogP contribution in [0.15, 0.2) is 0 Å². The van der Waals surface area contributed by atoms with E-state index in [0.29, 0.717) is 6.42 Å². The summed E-state index contributed by atoms with van der Waals surface area (Å²) in [5.74, 6) is -2.27. The van der Waals surface area contributed by atoms with Gasteiger partial charge in [-0.2, -0.15) is 0 Å². The van der Waals surface area contributed by atoms with Crippen LogP contribution in [0.2, 0.25) is 0 Å². The summed E-state index contributed by atoms with van der Waals surface area (Å²) in [5.41, 5.74) is 0. The van der Waals surface area contributed by atoms with Crippen LogP contribution in [0.25, 0.3) is 0 Å². The third-order valence-corrected chi connectivity index (χ3v) is 3.89. The zero-order valence-electron chi connectivity index (χ0n) is 14.9. The van der Waals surface area contributed by atoms with Gasteiger partial charge in [0, 0.05) is 0 Å². The van der Waals surface area contributed by atoms with Crippen molar-refractivity contribution in [2.45, 2.75) is 58.2 Å². The van der Waals surface area contributed by atoms with Crippen molar-refractivity contribution in [3.63, 3.8) is 0 Å². The fraction of sp³-hybridized carbons (Fsp3) is 0.750. The van der Waals surface area contributed by atoms with Gasteiger partial charge in [0.1, 0.15) is 12.1 Å². The largest absolute Gasteiger partial charge is 0.480 e. The normalized spacial score (nSPS) is 19.1. The smallest absolute Gasteiger partial charge is 0.325 e. The molecule has 142 valence electrons. The maximum absolute atomic E-state index is 12.3. The second-order valence-corrected chi connectivity index (χ2v) is 6.68. The molecule has 0 radical (unpaired) electrons. The molecule has 0 saturated carbocycles. The van der Waals surface area contributed by atoms with Crippen molar-refractivity contribution in [1.29, 1.82) is 0 Å². The van der Waals surface area contributed by atoms with Crippen LogP contribution in [-0.4, -0.2) is 60.0 Å². The van der Waals surface area contributed by atoms with E-state index < -0.39 is 29.9 Å². The standard InChI is InChI=1S/C16H28N4O5/c1-9(2)7-12(20-15(23)11-5-4-6-17-11)14(22)18-8-13(21)19-10(3)16(24)25/h9-12,17H,4-8H2,1-3H3,(H,18,22)(H,19,21)(H,20,23)(H,24,25)/t10-,11-,12-/m0/s1. The van der Waals surface area contributed by atoms with Crippen LogP contribution in [0.4, 0.5) is 0 Å². The maximum atomic E-state index is 12.3. The van der Waals surface area contributed by atoms with Crippen LogP contribution in [0.3, 0.4) is 0 Å². The number of carboxylic acids is 1. The summed E-state index contributed by atoms with van der Waals surface area (Å²) in [4.78, 5) is 46.9. The van der Waals surface area contributed by atoms with Gasteiger partial charge in [-0.1, -0.05) is 13.8 Å². The van der Waals surface area contributed by atoms with Crippen molar-refractivity contribution in [3.05, 3.63) is 0 Å². The fourth-order valence-corrected chi connectivity index (χ4v) is 2.53. The number of carbonyl (C=O) groups excluding carboxylic acids is 3. The molecule has 0 aromatic rings. The van der Waals surface area contributed by atoms with Gasteiger partial charge in [-0.05, 0) is 38.6 Å². The number of amides is 3. The molecule has 1 rings (SSSR count). The summed E-state index contributed by atoms with van der Waals surface area (Å²) in [6, 6.07) is -2.06. The van der Waals surface area contributed by atoms with Gasteiger partial charge in [0.15, 0.2) is 0 Å². The lowest BCUT2D eigenvalue weighted by Gasteiger charge is -2.22. The maximum Gasteiger partial charge on any atom is 0.325 e. The Hall–Kier alpha value is -2.16. The van der Waals surface area contributed by atoms with Crippen LogP contribution >= 0.6 is 0 Å². The van der Waals surface area contributed by atoms with Gasteiger partial charge in [0.25, 0.3) is 0 Å². The predicted molar refractivity (Wildman–Crippen MR) is 90.7 cm³/mol. The first-order valence-corrected chi connectivity index (χ1v) is 8.54. The molecule has 1 aliphatic rings. The number of aliphatic carboxylic acids is 1. The highest BCUT2D eigenvalue weighted by Crippen LogP contribution is 2.08. The van der Waals surface area contributed by atoms with E-state index in [2.05, 4.69) is 21.3 Å². The number of hydrogen-bond acceptors (Lipinski definition) is 5. The quantitative estimate of drug-likeness (QED) is 0.358. The molecule has 9 nitrogen and oxygen atoms in total. The molecule has 25 heavy (non-hydrogen) atoms. The van der Waals surface area contributed by atoms with E-state index >= 15 is 0 Å². The van der Waals surface area contributed by atoms with Gasteiger partial charge in [-0.25, -0.2) is 0 Å². The number of hydrogen-bond donors (Lipinski definition) is 5. The van der Waals surface area contributed by atoms with Crippen LogP contribution in [0.1, 0.15) is 40.0 Å². The summed E-state index contributed by atoms with van der Waals surface area (Å²) in [6.45, 7) is 5.63. The van der Waals surface area contributed by atoms with Crippen molar-refractivity contribution in [3.8, 4) is 0 Å². The van der Waals surface area contributed by atoms with Crippen LogP contribution in [0.5, 0.6) is 0 Å². The van der Waals surface area contributed by atoms with E-state index in [4.69, 9.17) is 5.11 Å². The molecule has 3 atom stereocenters. The Morgan fingerprint density at radius 3 is 2.36 bits per heavy atom. The van der Waals surface area contributed by atoms with Crippen LogP contribution < -0.4 is 21.3 Å². The van der Waals surface area contributed by atoms with Crippen molar-refractivity contribution in [2.75, 3.05) is 13.1 Å². The molecule has 1 aliphatic heterocycles. The molecule has 5 N–H and O–H groups in total. The van der Waals surface area contributed by atoms with Gasteiger partial charge in [0.05, 0.1) is 12.6 Å². The summed E-state index contributed by atoms with van der Waals surface area (Å²) in [6.07, 6.45) is 2.09. The van der Waals surface area contributed by atoms with E-state index in [1.807, 2.05) is 13.8 Å². The third kappa shape index (κ3) is 7.51. The topological polar surface area (TPSA) is 137 Å². The molecule has 1 heterocycles. The van der Waals surface area contributed by atoms with Crippen molar-refractivity contribution < 1.29 is 24.3 Å². The van der Waals surface area contributed by atoms with Crippen molar-refractivity contribution >= 4 is 23.7 Å². The molecule has 0 aromatic heterocycles. The summed E-state index contributed by atoms with van der Waals surface area (Å²) in [5, 5.41) is 19.2. The minimum Gasteiger partial charge on any atom is -0.480 e. The number of rotatable bonds is 9. The molecule has 0 aromatic carbocycles. The highest BCUT2D eigenvalue weighted by atomic mass is 16.4. The Morgan fingerprint density at radius 1 is 1.16 bits per heavy atom. The molecule has 3 amide bonds. The Labute approximate surface area is 147 Å². The molecular weight excluding hydrogens is 328 g/mol. The summed E-state index contributed by atoms with van der Waals surface area (Å²) < 4.78 is 0. The van der Waals surface area contributed by atoms with E-state index in [1.54, 1.807) is 0 Å². The minimum atomic E-state index is -1.16. The second kappa shape index (κ2) is 9.97. The van der Waals surface area contributed by atoms with Gasteiger partial charge in [-0.15, -0.1) is 0 Å². The molecule has 9 heteroatoms. The molecule has 1 fully saturated rings. The lowest BCUT2D eigenvalue weighted by molar-refractivity contribution is -0.141. The van der Waals surface area contributed by atoms with Crippen LogP contribution in [0, 0.1) is 5.92 Å². The Balaban J connectivity index is 2.53. The molecule has 0 unspecified atom stereocenters. The zero-order valence-corrected chi connectivity index (χ0v) is 14.9. The Bertz CT molecular complexity index is 503. The number of nitrogens with one attached hydrogen (secondary N) is 4. The van der Waals surface area contributed by atoms with Gasteiger partial charge >= 0.3 is 5.97 Å². The fourth-order valence-electron chi connectivity index (χ4n) is 2.53. The second-order valence-electron chi connectivity index (χ2n) is 6.68.